The maximum absolute atomic E-state index is 4.45. The van der Waals surface area contributed by atoms with Gasteiger partial charge in [0.1, 0.15) is 12.1 Å². The zero-order valence-electron chi connectivity index (χ0n) is 13.7. The van der Waals surface area contributed by atoms with Crippen molar-refractivity contribution in [2.75, 3.05) is 32.5 Å². The summed E-state index contributed by atoms with van der Waals surface area (Å²) < 4.78 is 1.84. The van der Waals surface area contributed by atoms with Gasteiger partial charge in [0.15, 0.2) is 5.65 Å². The van der Waals surface area contributed by atoms with Crippen LogP contribution in [0, 0.1) is 0 Å². The van der Waals surface area contributed by atoms with Gasteiger partial charge in [0.2, 0.25) is 0 Å². The number of halogens is 2. The Labute approximate surface area is 154 Å². The quantitative estimate of drug-likeness (QED) is 0.677. The van der Waals surface area contributed by atoms with Crippen molar-refractivity contribution in [1.82, 2.24) is 24.6 Å². The van der Waals surface area contributed by atoms with Crippen LogP contribution in [-0.4, -0.2) is 51.8 Å². The van der Waals surface area contributed by atoms with Crippen LogP contribution in [0.2, 0.25) is 0 Å². The average molecular weight is 369 g/mol. The van der Waals surface area contributed by atoms with E-state index in [1.54, 1.807) is 6.33 Å². The van der Waals surface area contributed by atoms with Gasteiger partial charge in [-0.1, -0.05) is 18.2 Å². The lowest BCUT2D eigenvalue weighted by Gasteiger charge is -2.10. The molecule has 3 aromatic rings. The summed E-state index contributed by atoms with van der Waals surface area (Å²) in [4.78, 5) is 10.9. The first-order chi connectivity index (χ1) is 10.8. The molecule has 1 N–H and O–H groups in total. The molecule has 0 aliphatic rings. The second-order valence-corrected chi connectivity index (χ2v) is 5.44. The third-order valence-electron chi connectivity index (χ3n) is 3.44. The molecule has 6 nitrogen and oxygen atoms in total. The summed E-state index contributed by atoms with van der Waals surface area (Å²) in [6, 6.07) is 9.99. The standard InChI is InChI=1S/C16H20N6.2ClH/c1-21(2)10-6-9-17-15-14-11-20-22(16(14)19-12-18-15)13-7-4-3-5-8-13;;/h3-5,7-8,11-12H,6,9-10H2,1-2H3,(H,17,18,19);2*1H. The summed E-state index contributed by atoms with van der Waals surface area (Å²) >= 11 is 0. The normalized spacial score (nSPS) is 10.3. The van der Waals surface area contributed by atoms with Gasteiger partial charge >= 0.3 is 0 Å². The average Bonchev–Trinajstić information content (AvgIpc) is 2.97. The zero-order chi connectivity index (χ0) is 15.4. The number of benzene rings is 1. The molecule has 0 bridgehead atoms. The summed E-state index contributed by atoms with van der Waals surface area (Å²) in [6.07, 6.45) is 4.46. The molecule has 0 unspecified atom stereocenters. The van der Waals surface area contributed by atoms with E-state index >= 15 is 0 Å². The van der Waals surface area contributed by atoms with Crippen molar-refractivity contribution in [1.29, 1.82) is 0 Å². The lowest BCUT2D eigenvalue weighted by Crippen LogP contribution is -2.16. The third kappa shape index (κ3) is 4.56. The molecule has 0 saturated carbocycles. The molecular formula is C16H22Cl2N6. The maximum atomic E-state index is 4.45. The monoisotopic (exact) mass is 368 g/mol. The van der Waals surface area contributed by atoms with Crippen LogP contribution in [0.3, 0.4) is 0 Å². The number of anilines is 1. The number of nitrogens with one attached hydrogen (secondary N) is 1. The fourth-order valence-electron chi connectivity index (χ4n) is 2.35. The maximum Gasteiger partial charge on any atom is 0.168 e. The molecule has 3 rings (SSSR count). The van der Waals surface area contributed by atoms with Gasteiger partial charge in [-0.2, -0.15) is 5.10 Å². The molecule has 0 atom stereocenters. The Balaban J connectivity index is 0.00000144. The Kier molecular flexibility index (Phi) is 7.91. The number of hydrogen-bond donors (Lipinski definition) is 1. The largest absolute Gasteiger partial charge is 0.369 e. The minimum absolute atomic E-state index is 0. The lowest BCUT2D eigenvalue weighted by atomic mass is 10.3. The molecule has 0 spiro atoms. The van der Waals surface area contributed by atoms with Gasteiger partial charge < -0.3 is 10.2 Å². The minimum atomic E-state index is 0. The molecule has 24 heavy (non-hydrogen) atoms. The first kappa shape index (κ1) is 20.2. The van der Waals surface area contributed by atoms with Crippen LogP contribution >= 0.6 is 24.8 Å². The first-order valence-electron chi connectivity index (χ1n) is 7.38. The Morgan fingerprint density at radius 1 is 1.08 bits per heavy atom. The van der Waals surface area contributed by atoms with Gasteiger partial charge in [0.25, 0.3) is 0 Å². The predicted molar refractivity (Wildman–Crippen MR) is 103 cm³/mol. The number of rotatable bonds is 6. The van der Waals surface area contributed by atoms with Crippen molar-refractivity contribution in [2.24, 2.45) is 0 Å². The van der Waals surface area contributed by atoms with E-state index in [4.69, 9.17) is 0 Å². The van der Waals surface area contributed by atoms with Gasteiger partial charge in [-0.3, -0.25) is 0 Å². The summed E-state index contributed by atoms with van der Waals surface area (Å²) in [6.45, 7) is 1.92. The Hall–Kier alpha value is -1.89. The molecule has 0 amide bonds. The Bertz CT molecular complexity index is 745. The van der Waals surface area contributed by atoms with Crippen LogP contribution in [0.4, 0.5) is 5.82 Å². The van der Waals surface area contributed by atoms with E-state index in [1.165, 1.54) is 0 Å². The van der Waals surface area contributed by atoms with E-state index in [-0.39, 0.29) is 24.8 Å². The molecule has 2 aromatic heterocycles. The Morgan fingerprint density at radius 3 is 2.54 bits per heavy atom. The molecule has 2 heterocycles. The van der Waals surface area contributed by atoms with Gasteiger partial charge in [0, 0.05) is 6.54 Å². The highest BCUT2D eigenvalue weighted by Crippen LogP contribution is 2.21. The van der Waals surface area contributed by atoms with Gasteiger partial charge in [-0.15, -0.1) is 24.8 Å². The van der Waals surface area contributed by atoms with E-state index in [1.807, 2.05) is 41.2 Å². The van der Waals surface area contributed by atoms with E-state index in [9.17, 15) is 0 Å². The van der Waals surface area contributed by atoms with Gasteiger partial charge in [-0.25, -0.2) is 14.6 Å². The fourth-order valence-corrected chi connectivity index (χ4v) is 2.35. The van der Waals surface area contributed by atoms with Crippen LogP contribution in [0.25, 0.3) is 16.7 Å². The van der Waals surface area contributed by atoms with Gasteiger partial charge in [0.05, 0.1) is 17.3 Å². The molecule has 130 valence electrons. The lowest BCUT2D eigenvalue weighted by molar-refractivity contribution is 0.405. The third-order valence-corrected chi connectivity index (χ3v) is 3.44. The molecule has 0 aliphatic carbocycles. The summed E-state index contributed by atoms with van der Waals surface area (Å²) in [5.74, 6) is 0.839. The summed E-state index contributed by atoms with van der Waals surface area (Å²) in [5.41, 5.74) is 1.81. The highest BCUT2D eigenvalue weighted by atomic mass is 35.5. The van der Waals surface area contributed by atoms with Crippen LogP contribution in [0.15, 0.2) is 42.9 Å². The molecule has 1 aromatic carbocycles. The fraction of sp³-hybridized carbons (Fsp3) is 0.312. The highest BCUT2D eigenvalue weighted by Gasteiger charge is 2.10. The molecule has 0 aliphatic heterocycles. The van der Waals surface area contributed by atoms with Crippen molar-refractivity contribution in [2.45, 2.75) is 6.42 Å². The molecule has 0 radical (unpaired) electrons. The van der Waals surface area contributed by atoms with Crippen molar-refractivity contribution in [3.05, 3.63) is 42.9 Å². The Morgan fingerprint density at radius 2 is 1.83 bits per heavy atom. The van der Waals surface area contributed by atoms with Crippen LogP contribution < -0.4 is 5.32 Å². The summed E-state index contributed by atoms with van der Waals surface area (Å²) in [7, 11) is 4.15. The van der Waals surface area contributed by atoms with Crippen molar-refractivity contribution < 1.29 is 0 Å². The number of fused-ring (bicyclic) bond motifs is 1. The van der Waals surface area contributed by atoms with E-state index < -0.39 is 0 Å². The summed E-state index contributed by atoms with van der Waals surface area (Å²) in [5, 5.41) is 8.77. The number of nitrogens with zero attached hydrogens (tertiary/aromatic N) is 5. The smallest absolute Gasteiger partial charge is 0.168 e. The minimum Gasteiger partial charge on any atom is -0.369 e. The zero-order valence-corrected chi connectivity index (χ0v) is 15.3. The van der Waals surface area contributed by atoms with E-state index in [0.717, 1.165) is 42.0 Å². The van der Waals surface area contributed by atoms with Gasteiger partial charge in [-0.05, 0) is 39.2 Å². The van der Waals surface area contributed by atoms with Crippen molar-refractivity contribution in [3.63, 3.8) is 0 Å². The van der Waals surface area contributed by atoms with Crippen molar-refractivity contribution >= 4 is 41.7 Å². The first-order valence-corrected chi connectivity index (χ1v) is 7.38. The number of para-hydroxylation sites is 1. The van der Waals surface area contributed by atoms with E-state index in [0.29, 0.717) is 0 Å². The topological polar surface area (TPSA) is 58.9 Å². The molecule has 8 heteroatoms. The van der Waals surface area contributed by atoms with Crippen LogP contribution in [-0.2, 0) is 0 Å². The van der Waals surface area contributed by atoms with Crippen LogP contribution in [0.1, 0.15) is 6.42 Å². The van der Waals surface area contributed by atoms with E-state index in [2.05, 4.69) is 39.4 Å². The number of hydrogen-bond acceptors (Lipinski definition) is 5. The second-order valence-electron chi connectivity index (χ2n) is 5.44. The van der Waals surface area contributed by atoms with Crippen LogP contribution in [0.5, 0.6) is 0 Å². The molecular weight excluding hydrogens is 347 g/mol. The molecule has 0 fully saturated rings. The number of aromatic nitrogens is 4. The molecule has 0 saturated heterocycles. The predicted octanol–water partition coefficient (Wildman–Crippen LogP) is 3.02. The van der Waals surface area contributed by atoms with Crippen molar-refractivity contribution in [3.8, 4) is 5.69 Å². The SMILES string of the molecule is CN(C)CCCNc1ncnc2c1cnn2-c1ccccc1.Cl.Cl. The highest BCUT2D eigenvalue weighted by molar-refractivity contribution is 5.87. The second kappa shape index (κ2) is 9.42.